The van der Waals surface area contributed by atoms with Gasteiger partial charge < -0.3 is 14.7 Å². The smallest absolute Gasteiger partial charge is 0.177 e. The molecular weight excluding hydrogens is 232 g/mol. The van der Waals surface area contributed by atoms with Gasteiger partial charge >= 0.3 is 0 Å². The predicted molar refractivity (Wildman–Crippen MR) is 68.8 cm³/mol. The zero-order valence-electron chi connectivity index (χ0n) is 9.39. The number of imidazole rings is 1. The molecule has 1 aromatic heterocycles. The summed E-state index contributed by atoms with van der Waals surface area (Å²) in [6.45, 7) is 0. The predicted octanol–water partition coefficient (Wildman–Crippen LogP) is 2.98. The number of hydrogen-bond donors (Lipinski definition) is 2. The summed E-state index contributed by atoms with van der Waals surface area (Å²) in [5.41, 5.74) is 2.34. The highest BCUT2D eigenvalue weighted by Crippen LogP contribution is 2.33. The van der Waals surface area contributed by atoms with Gasteiger partial charge in [0.1, 0.15) is 5.75 Å². The van der Waals surface area contributed by atoms with Gasteiger partial charge in [-0.3, -0.25) is 0 Å². The first-order valence-electron chi connectivity index (χ1n) is 5.81. The van der Waals surface area contributed by atoms with E-state index in [0.717, 1.165) is 29.6 Å². The molecule has 1 heterocycles. The number of rotatable bonds is 1. The molecule has 3 rings (SSSR count). The Morgan fingerprint density at radius 1 is 1.41 bits per heavy atom. The number of aryl methyl sites for hydroxylation is 1. The minimum Gasteiger partial charge on any atom is -0.508 e. The van der Waals surface area contributed by atoms with E-state index < -0.39 is 0 Å². The molecule has 0 radical (unpaired) electrons. The molecule has 1 atom stereocenters. The number of nitrogens with zero attached hydrogens (tertiary/aromatic N) is 1. The van der Waals surface area contributed by atoms with Gasteiger partial charge in [-0.2, -0.15) is 0 Å². The number of hydrogen-bond acceptors (Lipinski definition) is 2. The molecule has 0 spiro atoms. The molecule has 0 amide bonds. The number of aromatic hydroxyl groups is 1. The van der Waals surface area contributed by atoms with Crippen molar-refractivity contribution in [1.82, 2.24) is 9.55 Å². The van der Waals surface area contributed by atoms with Gasteiger partial charge in [-0.1, -0.05) is 12.1 Å². The Morgan fingerprint density at radius 3 is 3.06 bits per heavy atom. The first-order valence-corrected chi connectivity index (χ1v) is 6.22. The summed E-state index contributed by atoms with van der Waals surface area (Å²) in [7, 11) is 0. The van der Waals surface area contributed by atoms with Gasteiger partial charge in [0.05, 0.1) is 0 Å². The van der Waals surface area contributed by atoms with Crippen LogP contribution in [0, 0.1) is 4.77 Å². The molecule has 2 aromatic rings. The van der Waals surface area contributed by atoms with Crippen LogP contribution in [0.25, 0.3) is 0 Å². The van der Waals surface area contributed by atoms with Crippen LogP contribution in [-0.2, 0) is 12.8 Å². The Hall–Kier alpha value is -1.55. The SMILES string of the molecule is Oc1cccc2c1CC(n1cc[nH]c1=S)CC2. The van der Waals surface area contributed by atoms with E-state index in [-0.39, 0.29) is 0 Å². The summed E-state index contributed by atoms with van der Waals surface area (Å²) in [5, 5.41) is 9.90. The number of H-pyrrole nitrogens is 1. The Morgan fingerprint density at radius 2 is 2.29 bits per heavy atom. The quantitative estimate of drug-likeness (QED) is 0.759. The molecule has 1 unspecified atom stereocenters. The fraction of sp³-hybridized carbons (Fsp3) is 0.308. The molecule has 0 fully saturated rings. The molecule has 1 aliphatic rings. The number of fused-ring (bicyclic) bond motifs is 1. The van der Waals surface area contributed by atoms with Crippen molar-refractivity contribution in [2.45, 2.75) is 25.3 Å². The van der Waals surface area contributed by atoms with E-state index in [1.807, 2.05) is 18.5 Å². The molecule has 88 valence electrons. The van der Waals surface area contributed by atoms with E-state index in [1.54, 1.807) is 6.07 Å². The van der Waals surface area contributed by atoms with Crippen molar-refractivity contribution in [2.24, 2.45) is 0 Å². The van der Waals surface area contributed by atoms with Crippen molar-refractivity contribution < 1.29 is 5.11 Å². The zero-order chi connectivity index (χ0) is 11.8. The summed E-state index contributed by atoms with van der Waals surface area (Å²) >= 11 is 5.24. The Kier molecular flexibility index (Phi) is 2.52. The lowest BCUT2D eigenvalue weighted by molar-refractivity contribution is 0.412. The minimum atomic E-state index is 0.356. The van der Waals surface area contributed by atoms with E-state index in [2.05, 4.69) is 15.6 Å². The van der Waals surface area contributed by atoms with Crippen LogP contribution in [0.3, 0.4) is 0 Å². The Balaban J connectivity index is 1.98. The largest absolute Gasteiger partial charge is 0.508 e. The van der Waals surface area contributed by atoms with Crippen molar-refractivity contribution in [3.05, 3.63) is 46.5 Å². The van der Waals surface area contributed by atoms with Crippen molar-refractivity contribution in [1.29, 1.82) is 0 Å². The third-order valence-electron chi connectivity index (χ3n) is 3.50. The molecule has 2 N–H and O–H groups in total. The van der Waals surface area contributed by atoms with Gasteiger partial charge in [0, 0.05) is 18.4 Å². The zero-order valence-corrected chi connectivity index (χ0v) is 10.2. The van der Waals surface area contributed by atoms with Crippen LogP contribution in [0.5, 0.6) is 5.75 Å². The lowest BCUT2D eigenvalue weighted by atomic mass is 9.87. The van der Waals surface area contributed by atoms with Crippen LogP contribution >= 0.6 is 12.2 Å². The van der Waals surface area contributed by atoms with Gasteiger partial charge in [0.25, 0.3) is 0 Å². The number of aromatic amines is 1. The Labute approximate surface area is 105 Å². The van der Waals surface area contributed by atoms with Crippen LogP contribution in [0.2, 0.25) is 0 Å². The summed E-state index contributed by atoms with van der Waals surface area (Å²) in [6, 6.07) is 6.13. The van der Waals surface area contributed by atoms with E-state index in [1.165, 1.54) is 5.56 Å². The molecule has 4 heteroatoms. The number of phenolic OH excluding ortho intramolecular Hbond substituents is 1. The topological polar surface area (TPSA) is 41.0 Å². The van der Waals surface area contributed by atoms with Gasteiger partial charge in [-0.05, 0) is 48.7 Å². The summed E-state index contributed by atoms with van der Waals surface area (Å²) < 4.78 is 2.85. The summed E-state index contributed by atoms with van der Waals surface area (Å²) in [5.74, 6) is 0.411. The van der Waals surface area contributed by atoms with Crippen molar-refractivity contribution >= 4 is 12.2 Å². The van der Waals surface area contributed by atoms with Crippen molar-refractivity contribution in [2.75, 3.05) is 0 Å². The molecule has 1 aliphatic carbocycles. The number of aromatic nitrogens is 2. The normalized spacial score (nSPS) is 18.9. The van der Waals surface area contributed by atoms with Crippen molar-refractivity contribution in [3.8, 4) is 5.75 Å². The first-order chi connectivity index (χ1) is 8.25. The molecule has 17 heavy (non-hydrogen) atoms. The molecule has 0 saturated heterocycles. The lowest BCUT2D eigenvalue weighted by Gasteiger charge is -2.26. The van der Waals surface area contributed by atoms with Crippen LogP contribution in [0.15, 0.2) is 30.6 Å². The van der Waals surface area contributed by atoms with E-state index in [9.17, 15) is 5.11 Å². The van der Waals surface area contributed by atoms with Crippen LogP contribution in [-0.4, -0.2) is 14.7 Å². The second-order valence-corrected chi connectivity index (χ2v) is 4.87. The van der Waals surface area contributed by atoms with Gasteiger partial charge in [-0.15, -0.1) is 0 Å². The number of benzene rings is 1. The lowest BCUT2D eigenvalue weighted by Crippen LogP contribution is -2.18. The van der Waals surface area contributed by atoms with Gasteiger partial charge in [0.15, 0.2) is 4.77 Å². The van der Waals surface area contributed by atoms with Crippen LogP contribution in [0.1, 0.15) is 23.6 Å². The fourth-order valence-electron chi connectivity index (χ4n) is 2.61. The fourth-order valence-corrected chi connectivity index (χ4v) is 2.88. The third-order valence-corrected chi connectivity index (χ3v) is 3.83. The number of phenols is 1. The van der Waals surface area contributed by atoms with E-state index in [0.29, 0.717) is 11.8 Å². The van der Waals surface area contributed by atoms with E-state index >= 15 is 0 Å². The molecule has 0 aliphatic heterocycles. The molecular formula is C13H14N2OS. The maximum atomic E-state index is 9.90. The summed E-state index contributed by atoms with van der Waals surface area (Å²) in [4.78, 5) is 3.02. The Bertz CT molecular complexity index is 599. The van der Waals surface area contributed by atoms with Gasteiger partial charge in [0.2, 0.25) is 0 Å². The minimum absolute atomic E-state index is 0.356. The highest BCUT2D eigenvalue weighted by Gasteiger charge is 2.22. The van der Waals surface area contributed by atoms with E-state index in [4.69, 9.17) is 12.2 Å². The first kappa shape index (κ1) is 10.6. The van der Waals surface area contributed by atoms with Gasteiger partial charge in [-0.25, -0.2) is 0 Å². The second kappa shape index (κ2) is 4.04. The average Bonchev–Trinajstić information content (AvgIpc) is 2.76. The molecule has 0 bridgehead atoms. The highest BCUT2D eigenvalue weighted by atomic mass is 32.1. The molecule has 1 aromatic carbocycles. The summed E-state index contributed by atoms with van der Waals surface area (Å²) in [6.07, 6.45) is 6.78. The standard InChI is InChI=1S/C13H14N2OS/c16-12-3-1-2-9-4-5-10(8-11(9)12)15-7-6-14-13(15)17/h1-3,6-7,10,16H,4-5,8H2,(H,14,17). The molecule has 3 nitrogen and oxygen atoms in total. The number of nitrogens with one attached hydrogen (secondary N) is 1. The molecule has 0 saturated carbocycles. The third kappa shape index (κ3) is 1.78. The van der Waals surface area contributed by atoms with Crippen LogP contribution < -0.4 is 0 Å². The van der Waals surface area contributed by atoms with Crippen molar-refractivity contribution in [3.63, 3.8) is 0 Å². The second-order valence-electron chi connectivity index (χ2n) is 4.48. The average molecular weight is 246 g/mol. The monoisotopic (exact) mass is 246 g/mol. The highest BCUT2D eigenvalue weighted by molar-refractivity contribution is 7.71. The maximum Gasteiger partial charge on any atom is 0.177 e. The maximum absolute atomic E-state index is 9.90. The van der Waals surface area contributed by atoms with Crippen LogP contribution in [0.4, 0.5) is 0 Å².